The lowest BCUT2D eigenvalue weighted by molar-refractivity contribution is -0.174. The number of rotatable bonds is 6. The number of piperidine rings is 1. The topological polar surface area (TPSA) is 54.4 Å². The molecule has 1 aromatic carbocycles. The Balaban J connectivity index is 1.46. The predicted molar refractivity (Wildman–Crippen MR) is 146 cm³/mol. The molecular formula is C30H35F4N5O. The van der Waals surface area contributed by atoms with Gasteiger partial charge in [0.15, 0.2) is 17.4 Å². The van der Waals surface area contributed by atoms with Gasteiger partial charge in [-0.1, -0.05) is 19.9 Å². The van der Waals surface area contributed by atoms with Crippen molar-refractivity contribution in [2.45, 2.75) is 70.9 Å². The summed E-state index contributed by atoms with van der Waals surface area (Å²) in [5.74, 6) is -1.28. The van der Waals surface area contributed by atoms with Crippen LogP contribution in [0.1, 0.15) is 75.1 Å². The van der Waals surface area contributed by atoms with E-state index in [9.17, 15) is 13.2 Å². The number of hydrogen-bond donors (Lipinski definition) is 0. The summed E-state index contributed by atoms with van der Waals surface area (Å²) in [5.41, 5.74) is 3.22. The van der Waals surface area contributed by atoms with E-state index in [4.69, 9.17) is 4.98 Å². The Bertz CT molecular complexity index is 1390. The Morgan fingerprint density at radius 1 is 1.02 bits per heavy atom. The van der Waals surface area contributed by atoms with E-state index in [0.29, 0.717) is 11.7 Å². The summed E-state index contributed by atoms with van der Waals surface area (Å²) in [6, 6.07) is 6.16. The lowest BCUT2D eigenvalue weighted by atomic mass is 9.86. The van der Waals surface area contributed by atoms with E-state index in [1.807, 2.05) is 6.07 Å². The lowest BCUT2D eigenvalue weighted by Gasteiger charge is -2.38. The van der Waals surface area contributed by atoms with E-state index in [-0.39, 0.29) is 35.3 Å². The maximum atomic E-state index is 15.0. The number of ether oxygens (including phenoxy) is 1. The van der Waals surface area contributed by atoms with E-state index in [1.165, 1.54) is 16.5 Å². The minimum Gasteiger partial charge on any atom is -0.426 e. The first-order valence-corrected chi connectivity index (χ1v) is 13.8. The molecule has 5 rings (SSSR count). The maximum Gasteiger partial charge on any atom is 0.416 e. The van der Waals surface area contributed by atoms with Crippen LogP contribution in [0.25, 0.3) is 11.3 Å². The van der Waals surface area contributed by atoms with Gasteiger partial charge in [-0.15, -0.1) is 0 Å². The summed E-state index contributed by atoms with van der Waals surface area (Å²) < 4.78 is 62.9. The van der Waals surface area contributed by atoms with Gasteiger partial charge in [-0.3, -0.25) is 4.98 Å². The molecule has 40 heavy (non-hydrogen) atoms. The number of benzene rings is 1. The van der Waals surface area contributed by atoms with Gasteiger partial charge in [-0.2, -0.15) is 8.78 Å². The zero-order chi connectivity index (χ0) is 28.8. The molecule has 0 bridgehead atoms. The van der Waals surface area contributed by atoms with Gasteiger partial charge < -0.3 is 14.5 Å². The summed E-state index contributed by atoms with van der Waals surface area (Å²) in [7, 11) is 2.14. The molecule has 0 radical (unpaired) electrons. The fraction of sp³-hybridized carbons (Fsp3) is 0.500. The number of pyridine rings is 1. The van der Waals surface area contributed by atoms with Crippen molar-refractivity contribution in [3.8, 4) is 17.0 Å². The standard InChI is InChI=1S/C30H35F4N5O/c1-17(2)27-22(19-8-10-38(5)11-9-19)7-6-21(36-27)14-26-35-15-24(32)28(37-26)20-12-23(31)29-25(13-20)39(18(3)4)16-30(33,34)40-29/h6-7,12-13,15,17-19H,8-11,14,16H2,1-5H3. The van der Waals surface area contributed by atoms with Crippen LogP contribution >= 0.6 is 0 Å². The summed E-state index contributed by atoms with van der Waals surface area (Å²) in [4.78, 5) is 17.2. The molecule has 3 aromatic rings. The second-order valence-corrected chi connectivity index (χ2v) is 11.4. The molecule has 2 aromatic heterocycles. The molecule has 0 spiro atoms. The minimum atomic E-state index is -3.54. The second-order valence-electron chi connectivity index (χ2n) is 11.4. The van der Waals surface area contributed by atoms with Crippen molar-refractivity contribution >= 4 is 5.69 Å². The number of hydrogen-bond acceptors (Lipinski definition) is 6. The highest BCUT2D eigenvalue weighted by Crippen LogP contribution is 2.44. The van der Waals surface area contributed by atoms with Crippen LogP contribution in [0.2, 0.25) is 0 Å². The van der Waals surface area contributed by atoms with E-state index in [0.717, 1.165) is 49.6 Å². The Labute approximate surface area is 232 Å². The van der Waals surface area contributed by atoms with Crippen molar-refractivity contribution in [3.63, 3.8) is 0 Å². The minimum absolute atomic E-state index is 0.111. The van der Waals surface area contributed by atoms with Gasteiger partial charge in [0, 0.05) is 23.0 Å². The lowest BCUT2D eigenvalue weighted by Crippen LogP contribution is -2.48. The Morgan fingerprint density at radius 2 is 1.75 bits per heavy atom. The maximum absolute atomic E-state index is 15.0. The van der Waals surface area contributed by atoms with Crippen LogP contribution in [-0.4, -0.2) is 58.7 Å². The van der Waals surface area contributed by atoms with Crippen molar-refractivity contribution < 1.29 is 22.3 Å². The van der Waals surface area contributed by atoms with E-state index < -0.39 is 30.0 Å². The third-order valence-electron chi connectivity index (χ3n) is 7.69. The summed E-state index contributed by atoms with van der Waals surface area (Å²) >= 11 is 0. The number of halogens is 4. The quantitative estimate of drug-likeness (QED) is 0.321. The van der Waals surface area contributed by atoms with Crippen molar-refractivity contribution in [1.29, 1.82) is 0 Å². The second kappa shape index (κ2) is 11.0. The first-order valence-electron chi connectivity index (χ1n) is 13.8. The van der Waals surface area contributed by atoms with E-state index in [2.05, 4.69) is 46.6 Å². The highest BCUT2D eigenvalue weighted by molar-refractivity contribution is 5.72. The fourth-order valence-electron chi connectivity index (χ4n) is 5.56. The van der Waals surface area contributed by atoms with Crippen LogP contribution in [0, 0.1) is 11.6 Å². The molecule has 214 valence electrons. The highest BCUT2D eigenvalue weighted by Gasteiger charge is 2.43. The average Bonchev–Trinajstić information content (AvgIpc) is 2.90. The van der Waals surface area contributed by atoms with Gasteiger partial charge in [0.1, 0.15) is 18.1 Å². The van der Waals surface area contributed by atoms with E-state index in [1.54, 1.807) is 13.8 Å². The van der Waals surface area contributed by atoms with Crippen molar-refractivity contribution in [2.24, 2.45) is 0 Å². The zero-order valence-corrected chi connectivity index (χ0v) is 23.5. The van der Waals surface area contributed by atoms with E-state index >= 15 is 4.39 Å². The summed E-state index contributed by atoms with van der Waals surface area (Å²) in [5, 5.41) is 0. The summed E-state index contributed by atoms with van der Waals surface area (Å²) in [6.07, 6.45) is -0.0404. The number of anilines is 1. The normalized spacial score (nSPS) is 17.8. The molecule has 0 unspecified atom stereocenters. The molecule has 2 aliphatic heterocycles. The van der Waals surface area contributed by atoms with Gasteiger partial charge in [-0.25, -0.2) is 18.7 Å². The Morgan fingerprint density at radius 3 is 2.42 bits per heavy atom. The van der Waals surface area contributed by atoms with Crippen LogP contribution in [0.4, 0.5) is 23.2 Å². The molecule has 1 fully saturated rings. The number of alkyl halides is 2. The molecule has 1 saturated heterocycles. The zero-order valence-electron chi connectivity index (χ0n) is 23.5. The average molecular weight is 558 g/mol. The van der Waals surface area contributed by atoms with Gasteiger partial charge in [0.2, 0.25) is 0 Å². The predicted octanol–water partition coefficient (Wildman–Crippen LogP) is 6.54. The fourth-order valence-corrected chi connectivity index (χ4v) is 5.56. The largest absolute Gasteiger partial charge is 0.426 e. The Kier molecular flexibility index (Phi) is 7.74. The molecule has 0 saturated carbocycles. The molecule has 0 aliphatic carbocycles. The highest BCUT2D eigenvalue weighted by atomic mass is 19.3. The monoisotopic (exact) mass is 557 g/mol. The van der Waals surface area contributed by atoms with Gasteiger partial charge in [0.25, 0.3) is 0 Å². The molecule has 0 N–H and O–H groups in total. The molecule has 2 aliphatic rings. The van der Waals surface area contributed by atoms with Gasteiger partial charge in [-0.05, 0) is 82.4 Å². The van der Waals surface area contributed by atoms with Crippen molar-refractivity contribution in [3.05, 3.63) is 64.9 Å². The third kappa shape index (κ3) is 5.77. The first kappa shape index (κ1) is 28.3. The summed E-state index contributed by atoms with van der Waals surface area (Å²) in [6.45, 7) is 9.07. The number of aromatic nitrogens is 3. The number of fused-ring (bicyclic) bond motifs is 1. The Hall–Kier alpha value is -3.27. The third-order valence-corrected chi connectivity index (χ3v) is 7.69. The molecular weight excluding hydrogens is 522 g/mol. The van der Waals surface area contributed by atoms with Gasteiger partial charge in [0.05, 0.1) is 18.3 Å². The molecule has 10 heteroatoms. The van der Waals surface area contributed by atoms with Crippen LogP contribution in [0.15, 0.2) is 30.5 Å². The molecule has 4 heterocycles. The molecule has 0 atom stereocenters. The van der Waals surface area contributed by atoms with Crippen molar-refractivity contribution in [1.82, 2.24) is 19.9 Å². The molecule has 6 nitrogen and oxygen atoms in total. The SMILES string of the molecule is CC(C)c1nc(Cc2ncc(F)c(-c3cc(F)c4c(c3)N(C(C)C)CC(F)(F)O4)n2)ccc1C1CCN(C)CC1. The van der Waals surface area contributed by atoms with Gasteiger partial charge >= 0.3 is 6.11 Å². The number of likely N-dealkylation sites (tertiary alicyclic amines) is 1. The first-order chi connectivity index (χ1) is 18.9. The van der Waals surface area contributed by atoms with Crippen LogP contribution < -0.4 is 9.64 Å². The molecule has 0 amide bonds. The smallest absolute Gasteiger partial charge is 0.416 e. The number of nitrogens with zero attached hydrogens (tertiary/aromatic N) is 5. The van der Waals surface area contributed by atoms with Crippen LogP contribution in [0.5, 0.6) is 5.75 Å². The van der Waals surface area contributed by atoms with Crippen LogP contribution in [0.3, 0.4) is 0 Å². The van der Waals surface area contributed by atoms with Crippen molar-refractivity contribution in [2.75, 3.05) is 31.6 Å². The van der Waals surface area contributed by atoms with Crippen LogP contribution in [-0.2, 0) is 6.42 Å².